The Kier molecular flexibility index (Phi) is 6.72. The zero-order chi connectivity index (χ0) is 13.4. The van der Waals surface area contributed by atoms with Gasteiger partial charge in [-0.2, -0.15) is 0 Å². The van der Waals surface area contributed by atoms with Crippen molar-refractivity contribution in [3.8, 4) is 5.75 Å². The van der Waals surface area contributed by atoms with Crippen LogP contribution in [-0.4, -0.2) is 39.3 Å². The molecule has 0 amide bonds. The zero-order valence-corrected chi connectivity index (χ0v) is 11.3. The Hall–Kier alpha value is -1.10. The van der Waals surface area contributed by atoms with Crippen LogP contribution in [0.15, 0.2) is 18.2 Å². The van der Waals surface area contributed by atoms with Crippen LogP contribution in [0.3, 0.4) is 0 Å². The third-order valence-electron chi connectivity index (χ3n) is 2.24. The minimum atomic E-state index is -0.0761. The number of rotatable bonds is 8. The van der Waals surface area contributed by atoms with Gasteiger partial charge in [-0.3, -0.25) is 4.79 Å². The van der Waals surface area contributed by atoms with E-state index in [4.69, 9.17) is 25.8 Å². The second kappa shape index (κ2) is 8.08. The number of hydrogen-bond donors (Lipinski definition) is 0. The second-order valence-electron chi connectivity index (χ2n) is 3.65. The fourth-order valence-electron chi connectivity index (χ4n) is 1.36. The van der Waals surface area contributed by atoms with Gasteiger partial charge in [0.05, 0.1) is 25.4 Å². The molecule has 0 atom stereocenters. The summed E-state index contributed by atoms with van der Waals surface area (Å²) in [6.45, 7) is 3.39. The summed E-state index contributed by atoms with van der Waals surface area (Å²) in [6, 6.07) is 4.98. The highest BCUT2D eigenvalue weighted by Gasteiger charge is 2.09. The number of methoxy groups -OCH3 is 1. The number of hydrogen-bond acceptors (Lipinski definition) is 4. The molecule has 0 aromatic heterocycles. The van der Waals surface area contributed by atoms with Gasteiger partial charge in [0.1, 0.15) is 12.4 Å². The topological polar surface area (TPSA) is 44.8 Å². The maximum atomic E-state index is 11.4. The van der Waals surface area contributed by atoms with Gasteiger partial charge in [-0.05, 0) is 25.1 Å². The number of carbonyl (C=O) groups excluding carboxylic acids is 1. The number of carbonyl (C=O) groups is 1. The maximum absolute atomic E-state index is 11.4. The molecule has 0 spiro atoms. The molecule has 18 heavy (non-hydrogen) atoms. The molecule has 0 saturated carbocycles. The highest BCUT2D eigenvalue weighted by atomic mass is 35.5. The molecule has 0 heterocycles. The summed E-state index contributed by atoms with van der Waals surface area (Å²) in [5, 5.41) is 0.517. The lowest BCUT2D eigenvalue weighted by Gasteiger charge is -2.10. The van der Waals surface area contributed by atoms with Gasteiger partial charge >= 0.3 is 0 Å². The van der Waals surface area contributed by atoms with Crippen molar-refractivity contribution >= 4 is 17.4 Å². The van der Waals surface area contributed by atoms with E-state index in [9.17, 15) is 4.79 Å². The zero-order valence-electron chi connectivity index (χ0n) is 10.6. The van der Waals surface area contributed by atoms with Gasteiger partial charge in [0.2, 0.25) is 0 Å². The number of benzene rings is 1. The average molecular weight is 273 g/mol. The number of halogens is 1. The summed E-state index contributed by atoms with van der Waals surface area (Å²) in [7, 11) is 1.62. The molecule has 0 aliphatic heterocycles. The maximum Gasteiger partial charge on any atom is 0.163 e. The lowest BCUT2D eigenvalue weighted by Crippen LogP contribution is -2.11. The Bertz CT molecular complexity index is 393. The summed E-state index contributed by atoms with van der Waals surface area (Å²) >= 11 is 5.83. The van der Waals surface area contributed by atoms with Crippen LogP contribution in [0.25, 0.3) is 0 Å². The predicted octanol–water partition coefficient (Wildman–Crippen LogP) is 2.58. The van der Waals surface area contributed by atoms with Gasteiger partial charge in [-0.25, -0.2) is 0 Å². The summed E-state index contributed by atoms with van der Waals surface area (Å²) in [4.78, 5) is 11.4. The van der Waals surface area contributed by atoms with Crippen molar-refractivity contribution in [2.75, 3.05) is 33.5 Å². The summed E-state index contributed by atoms with van der Waals surface area (Å²) < 4.78 is 15.6. The molecule has 1 aromatic carbocycles. The van der Waals surface area contributed by atoms with Crippen LogP contribution in [0.1, 0.15) is 17.3 Å². The van der Waals surface area contributed by atoms with E-state index in [2.05, 4.69) is 0 Å². The van der Waals surface area contributed by atoms with Gasteiger partial charge in [0.15, 0.2) is 5.78 Å². The number of ether oxygens (including phenoxy) is 3. The molecule has 100 valence electrons. The molecular weight excluding hydrogens is 256 g/mol. The van der Waals surface area contributed by atoms with Crippen molar-refractivity contribution in [2.24, 2.45) is 0 Å². The summed E-state index contributed by atoms with van der Waals surface area (Å²) in [6.07, 6.45) is 0. The fourth-order valence-corrected chi connectivity index (χ4v) is 1.53. The predicted molar refractivity (Wildman–Crippen MR) is 69.6 cm³/mol. The van der Waals surface area contributed by atoms with E-state index < -0.39 is 0 Å². The highest BCUT2D eigenvalue weighted by molar-refractivity contribution is 6.31. The van der Waals surface area contributed by atoms with Crippen molar-refractivity contribution in [1.29, 1.82) is 0 Å². The van der Waals surface area contributed by atoms with E-state index in [1.807, 2.05) is 0 Å². The van der Waals surface area contributed by atoms with Crippen LogP contribution < -0.4 is 4.74 Å². The molecular formula is C13H17ClO4. The van der Waals surface area contributed by atoms with Crippen LogP contribution in [0, 0.1) is 0 Å². The minimum absolute atomic E-state index is 0.0761. The third kappa shape index (κ3) is 5.04. The molecule has 0 saturated heterocycles. The molecule has 0 unspecified atom stereocenters. The largest absolute Gasteiger partial charge is 0.490 e. The molecule has 0 fully saturated rings. The first-order chi connectivity index (χ1) is 8.65. The molecule has 0 aliphatic carbocycles. The van der Waals surface area contributed by atoms with Crippen LogP contribution in [0.2, 0.25) is 5.02 Å². The lowest BCUT2D eigenvalue weighted by molar-refractivity contribution is 0.0542. The van der Waals surface area contributed by atoms with E-state index in [1.165, 1.54) is 6.92 Å². The molecule has 0 radical (unpaired) electrons. The molecule has 0 aliphatic rings. The fraction of sp³-hybridized carbons (Fsp3) is 0.462. The smallest absolute Gasteiger partial charge is 0.163 e. The van der Waals surface area contributed by atoms with Gasteiger partial charge in [-0.15, -0.1) is 0 Å². The standard InChI is InChI=1S/C13H17ClO4/c1-10(15)12-9-11(14)3-4-13(12)18-8-7-17-6-5-16-2/h3-4,9H,5-8H2,1-2H3. The van der Waals surface area contributed by atoms with Crippen LogP contribution in [0.5, 0.6) is 5.75 Å². The third-order valence-corrected chi connectivity index (χ3v) is 2.47. The Morgan fingerprint density at radius 3 is 2.61 bits per heavy atom. The Morgan fingerprint density at radius 2 is 1.94 bits per heavy atom. The van der Waals surface area contributed by atoms with Crippen LogP contribution >= 0.6 is 11.6 Å². The molecule has 0 bridgehead atoms. The Balaban J connectivity index is 2.44. The minimum Gasteiger partial charge on any atom is -0.490 e. The van der Waals surface area contributed by atoms with Gasteiger partial charge in [0, 0.05) is 12.1 Å². The normalized spacial score (nSPS) is 10.4. The molecule has 5 heteroatoms. The number of ketones is 1. The van der Waals surface area contributed by atoms with E-state index in [0.29, 0.717) is 42.8 Å². The average Bonchev–Trinajstić information content (AvgIpc) is 2.35. The molecule has 4 nitrogen and oxygen atoms in total. The van der Waals surface area contributed by atoms with Crippen molar-refractivity contribution in [3.05, 3.63) is 28.8 Å². The van der Waals surface area contributed by atoms with Crippen molar-refractivity contribution < 1.29 is 19.0 Å². The first kappa shape index (κ1) is 15.0. The van der Waals surface area contributed by atoms with E-state index in [1.54, 1.807) is 25.3 Å². The highest BCUT2D eigenvalue weighted by Crippen LogP contribution is 2.23. The molecule has 1 rings (SSSR count). The van der Waals surface area contributed by atoms with Gasteiger partial charge < -0.3 is 14.2 Å². The first-order valence-corrected chi connectivity index (χ1v) is 6.03. The second-order valence-corrected chi connectivity index (χ2v) is 4.09. The monoisotopic (exact) mass is 272 g/mol. The number of Topliss-reactive ketones (excluding diaryl/α,β-unsaturated/α-hetero) is 1. The molecule has 0 N–H and O–H groups in total. The van der Waals surface area contributed by atoms with E-state index in [0.717, 1.165) is 0 Å². The molecule has 1 aromatic rings. The lowest BCUT2D eigenvalue weighted by atomic mass is 10.1. The van der Waals surface area contributed by atoms with Crippen molar-refractivity contribution in [3.63, 3.8) is 0 Å². The van der Waals surface area contributed by atoms with Gasteiger partial charge in [0.25, 0.3) is 0 Å². The van der Waals surface area contributed by atoms with E-state index in [-0.39, 0.29) is 5.78 Å². The summed E-state index contributed by atoms with van der Waals surface area (Å²) in [5.41, 5.74) is 0.486. The van der Waals surface area contributed by atoms with Crippen LogP contribution in [0.4, 0.5) is 0 Å². The first-order valence-electron chi connectivity index (χ1n) is 5.65. The van der Waals surface area contributed by atoms with Crippen molar-refractivity contribution in [1.82, 2.24) is 0 Å². The van der Waals surface area contributed by atoms with Crippen LogP contribution in [-0.2, 0) is 9.47 Å². The Labute approximate surface area is 112 Å². The summed E-state index contributed by atoms with van der Waals surface area (Å²) in [5.74, 6) is 0.454. The van der Waals surface area contributed by atoms with Crippen molar-refractivity contribution in [2.45, 2.75) is 6.92 Å². The SMILES string of the molecule is COCCOCCOc1ccc(Cl)cc1C(C)=O. The van der Waals surface area contributed by atoms with E-state index >= 15 is 0 Å². The van der Waals surface area contributed by atoms with Gasteiger partial charge in [-0.1, -0.05) is 11.6 Å². The quantitative estimate of drug-likeness (QED) is 0.539. The Morgan fingerprint density at radius 1 is 1.22 bits per heavy atom.